The Bertz CT molecular complexity index is 364. The van der Waals surface area contributed by atoms with Crippen molar-refractivity contribution in [2.75, 3.05) is 19.8 Å². The highest BCUT2D eigenvalue weighted by molar-refractivity contribution is 5.19. The van der Waals surface area contributed by atoms with Gasteiger partial charge in [0.1, 0.15) is 12.4 Å². The Kier molecular flexibility index (Phi) is 6.24. The largest absolute Gasteiger partial charge is 0.411 e. The van der Waals surface area contributed by atoms with E-state index < -0.39 is 12.8 Å². The molecule has 0 spiro atoms. The van der Waals surface area contributed by atoms with Crippen LogP contribution < -0.4 is 5.32 Å². The summed E-state index contributed by atoms with van der Waals surface area (Å²) >= 11 is 0. The standard InChI is InChI=1S/C13H17F4NO/c1-10(11-3-5-12(14)6-4-11)18-7-2-8-19-9-13(15,16)17/h3-6,10,18H,2,7-9H2,1H3. The zero-order valence-electron chi connectivity index (χ0n) is 10.6. The highest BCUT2D eigenvalue weighted by Crippen LogP contribution is 2.15. The molecular formula is C13H17F4NO. The quantitative estimate of drug-likeness (QED) is 0.610. The maximum Gasteiger partial charge on any atom is 0.411 e. The van der Waals surface area contributed by atoms with Gasteiger partial charge in [-0.2, -0.15) is 13.2 Å². The van der Waals surface area contributed by atoms with Crippen molar-refractivity contribution in [2.45, 2.75) is 25.6 Å². The third-order valence-corrected chi connectivity index (χ3v) is 2.55. The van der Waals surface area contributed by atoms with Gasteiger partial charge in [-0.1, -0.05) is 12.1 Å². The normalized spacial score (nSPS) is 13.5. The lowest BCUT2D eigenvalue weighted by Crippen LogP contribution is -2.22. The van der Waals surface area contributed by atoms with Crippen LogP contribution in [0, 0.1) is 5.82 Å². The fourth-order valence-corrected chi connectivity index (χ4v) is 1.55. The number of ether oxygens (including phenoxy) is 1. The molecule has 0 fully saturated rings. The monoisotopic (exact) mass is 279 g/mol. The van der Waals surface area contributed by atoms with Crippen LogP contribution in [0.2, 0.25) is 0 Å². The van der Waals surface area contributed by atoms with Gasteiger partial charge in [-0.3, -0.25) is 0 Å². The van der Waals surface area contributed by atoms with Crippen LogP contribution in [0.1, 0.15) is 24.9 Å². The van der Waals surface area contributed by atoms with Crippen LogP contribution in [0.15, 0.2) is 24.3 Å². The van der Waals surface area contributed by atoms with Crippen LogP contribution in [0.4, 0.5) is 17.6 Å². The van der Waals surface area contributed by atoms with E-state index in [9.17, 15) is 17.6 Å². The van der Waals surface area contributed by atoms with Gasteiger partial charge in [0.05, 0.1) is 0 Å². The van der Waals surface area contributed by atoms with Crippen molar-refractivity contribution in [2.24, 2.45) is 0 Å². The fourth-order valence-electron chi connectivity index (χ4n) is 1.55. The van der Waals surface area contributed by atoms with Gasteiger partial charge in [0.25, 0.3) is 0 Å². The van der Waals surface area contributed by atoms with Crippen LogP contribution in [-0.2, 0) is 4.74 Å². The molecule has 0 amide bonds. The highest BCUT2D eigenvalue weighted by atomic mass is 19.4. The number of benzene rings is 1. The fraction of sp³-hybridized carbons (Fsp3) is 0.538. The van der Waals surface area contributed by atoms with Gasteiger partial charge >= 0.3 is 6.18 Å². The molecule has 0 aromatic heterocycles. The van der Waals surface area contributed by atoms with Crippen molar-refractivity contribution in [3.05, 3.63) is 35.6 Å². The summed E-state index contributed by atoms with van der Waals surface area (Å²) in [5.41, 5.74) is 0.928. The number of rotatable bonds is 7. The Morgan fingerprint density at radius 1 is 1.21 bits per heavy atom. The molecule has 1 unspecified atom stereocenters. The number of hydrogen-bond donors (Lipinski definition) is 1. The van der Waals surface area contributed by atoms with Crippen LogP contribution in [-0.4, -0.2) is 25.9 Å². The van der Waals surface area contributed by atoms with E-state index in [4.69, 9.17) is 0 Å². The predicted molar refractivity (Wildman–Crippen MR) is 64.3 cm³/mol. The summed E-state index contributed by atoms with van der Waals surface area (Å²) in [4.78, 5) is 0. The Labute approximate surface area is 109 Å². The third kappa shape index (κ3) is 7.12. The minimum Gasteiger partial charge on any atom is -0.372 e. The second-order valence-electron chi connectivity index (χ2n) is 4.25. The molecule has 0 heterocycles. The van der Waals surface area contributed by atoms with Crippen molar-refractivity contribution in [3.8, 4) is 0 Å². The summed E-state index contributed by atoms with van der Waals surface area (Å²) in [7, 11) is 0. The molecule has 6 heteroatoms. The van der Waals surface area contributed by atoms with Crippen LogP contribution >= 0.6 is 0 Å². The maximum absolute atomic E-state index is 12.7. The van der Waals surface area contributed by atoms with E-state index in [1.54, 1.807) is 12.1 Å². The first-order valence-electron chi connectivity index (χ1n) is 6.02. The molecule has 0 aliphatic rings. The van der Waals surface area contributed by atoms with E-state index in [1.165, 1.54) is 12.1 Å². The average molecular weight is 279 g/mol. The first-order chi connectivity index (χ1) is 8.88. The molecule has 19 heavy (non-hydrogen) atoms. The Morgan fingerprint density at radius 2 is 1.84 bits per heavy atom. The SMILES string of the molecule is CC(NCCCOCC(F)(F)F)c1ccc(F)cc1. The molecule has 1 rings (SSSR count). The van der Waals surface area contributed by atoms with Crippen LogP contribution in [0.25, 0.3) is 0 Å². The van der Waals surface area contributed by atoms with Gasteiger partial charge in [-0.25, -0.2) is 4.39 Å². The summed E-state index contributed by atoms with van der Waals surface area (Å²) in [6.07, 6.45) is -3.78. The summed E-state index contributed by atoms with van der Waals surface area (Å²) < 4.78 is 52.5. The van der Waals surface area contributed by atoms with E-state index in [-0.39, 0.29) is 18.5 Å². The van der Waals surface area contributed by atoms with Crippen molar-refractivity contribution >= 4 is 0 Å². The smallest absolute Gasteiger partial charge is 0.372 e. The van der Waals surface area contributed by atoms with Gasteiger partial charge in [0, 0.05) is 12.6 Å². The van der Waals surface area contributed by atoms with Gasteiger partial charge < -0.3 is 10.1 Å². The van der Waals surface area contributed by atoms with Crippen LogP contribution in [0.5, 0.6) is 0 Å². The summed E-state index contributed by atoms with van der Waals surface area (Å²) in [6, 6.07) is 6.11. The van der Waals surface area contributed by atoms with Crippen molar-refractivity contribution in [1.29, 1.82) is 0 Å². The molecule has 0 bridgehead atoms. The number of halogens is 4. The summed E-state index contributed by atoms with van der Waals surface area (Å²) in [5.74, 6) is -0.295. The van der Waals surface area contributed by atoms with E-state index >= 15 is 0 Å². The average Bonchev–Trinajstić information content (AvgIpc) is 2.33. The van der Waals surface area contributed by atoms with Crippen molar-refractivity contribution < 1.29 is 22.3 Å². The minimum atomic E-state index is -4.27. The first kappa shape index (κ1) is 15.9. The van der Waals surface area contributed by atoms with Crippen LogP contribution in [0.3, 0.4) is 0 Å². The number of alkyl halides is 3. The molecule has 0 aliphatic heterocycles. The third-order valence-electron chi connectivity index (χ3n) is 2.55. The molecule has 0 saturated heterocycles. The minimum absolute atomic E-state index is 0.0169. The van der Waals surface area contributed by atoms with Crippen molar-refractivity contribution in [1.82, 2.24) is 5.32 Å². The Hall–Kier alpha value is -1.14. The molecular weight excluding hydrogens is 262 g/mol. The lowest BCUT2D eigenvalue weighted by molar-refractivity contribution is -0.173. The number of hydrogen-bond acceptors (Lipinski definition) is 2. The first-order valence-corrected chi connectivity index (χ1v) is 6.02. The van der Waals surface area contributed by atoms with E-state index in [1.807, 2.05) is 6.92 Å². The summed E-state index contributed by atoms with van der Waals surface area (Å²) in [5, 5.41) is 3.13. The lowest BCUT2D eigenvalue weighted by Gasteiger charge is -2.14. The molecule has 1 aromatic carbocycles. The molecule has 2 nitrogen and oxygen atoms in total. The van der Waals surface area contributed by atoms with E-state index in [0.29, 0.717) is 13.0 Å². The van der Waals surface area contributed by atoms with Crippen molar-refractivity contribution in [3.63, 3.8) is 0 Å². The van der Waals surface area contributed by atoms with Gasteiger partial charge in [-0.15, -0.1) is 0 Å². The van der Waals surface area contributed by atoms with Gasteiger partial charge in [0.2, 0.25) is 0 Å². The Balaban J connectivity index is 2.14. The lowest BCUT2D eigenvalue weighted by atomic mass is 10.1. The Morgan fingerprint density at radius 3 is 2.42 bits per heavy atom. The highest BCUT2D eigenvalue weighted by Gasteiger charge is 2.27. The molecule has 1 N–H and O–H groups in total. The van der Waals surface area contributed by atoms with E-state index in [0.717, 1.165) is 5.56 Å². The summed E-state index contributed by atoms with van der Waals surface area (Å²) in [6.45, 7) is 1.30. The number of nitrogens with one attached hydrogen (secondary N) is 1. The molecule has 0 aliphatic carbocycles. The second kappa shape index (κ2) is 7.45. The zero-order chi connectivity index (χ0) is 14.3. The maximum atomic E-state index is 12.7. The molecule has 1 atom stereocenters. The van der Waals surface area contributed by atoms with Gasteiger partial charge in [0.15, 0.2) is 0 Å². The topological polar surface area (TPSA) is 21.3 Å². The molecule has 0 radical (unpaired) electrons. The van der Waals surface area contributed by atoms with E-state index in [2.05, 4.69) is 10.1 Å². The molecule has 1 aromatic rings. The van der Waals surface area contributed by atoms with Gasteiger partial charge in [-0.05, 0) is 37.6 Å². The molecule has 108 valence electrons. The second-order valence-corrected chi connectivity index (χ2v) is 4.25. The predicted octanol–water partition coefficient (Wildman–Crippen LogP) is 3.45. The zero-order valence-corrected chi connectivity index (χ0v) is 10.6. The molecule has 0 saturated carbocycles.